The van der Waals surface area contributed by atoms with Crippen molar-refractivity contribution in [3.63, 3.8) is 0 Å². The van der Waals surface area contributed by atoms with Crippen molar-refractivity contribution < 1.29 is 17.9 Å². The molecule has 0 amide bonds. The van der Waals surface area contributed by atoms with Crippen LogP contribution in [0.4, 0.5) is 0 Å². The van der Waals surface area contributed by atoms with Gasteiger partial charge in [0.15, 0.2) is 5.75 Å². The Kier molecular flexibility index (Phi) is 3.46. The molecule has 0 unspecified atom stereocenters. The topological polar surface area (TPSA) is 75.7 Å². The summed E-state index contributed by atoms with van der Waals surface area (Å²) in [5.74, 6) is -1.32. The molecule has 14 heavy (non-hydrogen) atoms. The lowest BCUT2D eigenvalue weighted by Gasteiger charge is -2.34. The summed E-state index contributed by atoms with van der Waals surface area (Å²) in [7, 11) is -0.868. The molecule has 0 aromatic carbocycles. The molecular weight excluding hydrogens is 208 g/mol. The SMILES string of the molecule is COC(=O)CS(=O)(=O)N(C)C1CNC1. The van der Waals surface area contributed by atoms with Gasteiger partial charge in [-0.15, -0.1) is 0 Å². The number of nitrogens with zero attached hydrogens (tertiary/aromatic N) is 1. The predicted molar refractivity (Wildman–Crippen MR) is 50.2 cm³/mol. The summed E-state index contributed by atoms with van der Waals surface area (Å²) < 4.78 is 28.6. The van der Waals surface area contributed by atoms with E-state index in [2.05, 4.69) is 10.1 Å². The van der Waals surface area contributed by atoms with Crippen LogP contribution in [0.25, 0.3) is 0 Å². The van der Waals surface area contributed by atoms with Gasteiger partial charge in [0.2, 0.25) is 10.0 Å². The van der Waals surface area contributed by atoms with E-state index in [9.17, 15) is 13.2 Å². The van der Waals surface area contributed by atoms with Crippen LogP contribution in [-0.2, 0) is 19.6 Å². The summed E-state index contributed by atoms with van der Waals surface area (Å²) in [6.07, 6.45) is 0. The second-order valence-corrected chi connectivity index (χ2v) is 5.19. The molecule has 1 aliphatic heterocycles. The van der Waals surface area contributed by atoms with Crippen LogP contribution in [0.3, 0.4) is 0 Å². The molecule has 7 heteroatoms. The number of rotatable bonds is 4. The summed E-state index contributed by atoms with van der Waals surface area (Å²) >= 11 is 0. The first kappa shape index (κ1) is 11.4. The molecule has 0 aromatic heterocycles. The number of hydrogen-bond donors (Lipinski definition) is 1. The van der Waals surface area contributed by atoms with Gasteiger partial charge in [-0.1, -0.05) is 0 Å². The molecule has 1 saturated heterocycles. The Morgan fingerprint density at radius 1 is 1.57 bits per heavy atom. The number of ether oxygens (including phenoxy) is 1. The van der Waals surface area contributed by atoms with Crippen molar-refractivity contribution in [2.45, 2.75) is 6.04 Å². The van der Waals surface area contributed by atoms with Crippen LogP contribution in [0.1, 0.15) is 0 Å². The van der Waals surface area contributed by atoms with Crippen molar-refractivity contribution >= 4 is 16.0 Å². The maximum absolute atomic E-state index is 11.5. The van der Waals surface area contributed by atoms with Crippen molar-refractivity contribution in [3.05, 3.63) is 0 Å². The highest BCUT2D eigenvalue weighted by atomic mass is 32.2. The van der Waals surface area contributed by atoms with Gasteiger partial charge in [-0.05, 0) is 0 Å². The monoisotopic (exact) mass is 222 g/mol. The summed E-state index contributed by atoms with van der Waals surface area (Å²) in [4.78, 5) is 10.8. The van der Waals surface area contributed by atoms with Crippen molar-refractivity contribution in [1.82, 2.24) is 9.62 Å². The van der Waals surface area contributed by atoms with E-state index in [1.165, 1.54) is 18.5 Å². The molecule has 0 aliphatic carbocycles. The van der Waals surface area contributed by atoms with E-state index in [0.717, 1.165) is 0 Å². The Morgan fingerprint density at radius 2 is 2.14 bits per heavy atom. The molecule has 1 fully saturated rings. The zero-order valence-corrected chi connectivity index (χ0v) is 9.00. The second-order valence-electron chi connectivity index (χ2n) is 3.16. The van der Waals surface area contributed by atoms with E-state index in [0.29, 0.717) is 13.1 Å². The minimum atomic E-state index is -3.51. The van der Waals surface area contributed by atoms with Crippen molar-refractivity contribution in [3.8, 4) is 0 Å². The molecule has 0 spiro atoms. The van der Waals surface area contributed by atoms with Crippen LogP contribution in [0, 0.1) is 0 Å². The van der Waals surface area contributed by atoms with Crippen LogP contribution in [0.15, 0.2) is 0 Å². The van der Waals surface area contributed by atoms with Crippen molar-refractivity contribution in [1.29, 1.82) is 0 Å². The highest BCUT2D eigenvalue weighted by Crippen LogP contribution is 2.08. The van der Waals surface area contributed by atoms with E-state index in [1.807, 2.05) is 0 Å². The van der Waals surface area contributed by atoms with Gasteiger partial charge in [0.25, 0.3) is 0 Å². The molecule has 1 aliphatic rings. The fourth-order valence-electron chi connectivity index (χ4n) is 1.07. The quantitative estimate of drug-likeness (QED) is 0.579. The average Bonchev–Trinajstić information content (AvgIpc) is 2.00. The number of methoxy groups -OCH3 is 1. The molecule has 0 saturated carbocycles. The number of carbonyl (C=O) groups excluding carboxylic acids is 1. The van der Waals surface area contributed by atoms with E-state index in [-0.39, 0.29) is 6.04 Å². The lowest BCUT2D eigenvalue weighted by molar-refractivity contribution is -0.137. The van der Waals surface area contributed by atoms with E-state index < -0.39 is 21.7 Å². The molecule has 1 rings (SSSR count). The Bertz CT molecular complexity index is 310. The Hall–Kier alpha value is -0.660. The molecule has 0 bridgehead atoms. The van der Waals surface area contributed by atoms with Gasteiger partial charge in [0, 0.05) is 26.2 Å². The average molecular weight is 222 g/mol. The molecule has 0 radical (unpaired) electrons. The summed E-state index contributed by atoms with van der Waals surface area (Å²) in [5.41, 5.74) is 0. The number of hydrogen-bond acceptors (Lipinski definition) is 5. The molecule has 6 nitrogen and oxygen atoms in total. The maximum Gasteiger partial charge on any atom is 0.322 e. The predicted octanol–water partition coefficient (Wildman–Crippen LogP) is -1.61. The van der Waals surface area contributed by atoms with Crippen LogP contribution < -0.4 is 5.32 Å². The number of esters is 1. The summed E-state index contributed by atoms with van der Waals surface area (Å²) in [5, 5.41) is 2.96. The Balaban J connectivity index is 2.59. The van der Waals surface area contributed by atoms with Crippen LogP contribution in [-0.4, -0.2) is 57.7 Å². The normalized spacial score (nSPS) is 17.9. The van der Waals surface area contributed by atoms with Crippen LogP contribution in [0.5, 0.6) is 0 Å². The lowest BCUT2D eigenvalue weighted by Crippen LogP contribution is -2.58. The first-order valence-corrected chi connectivity index (χ1v) is 5.81. The van der Waals surface area contributed by atoms with Gasteiger partial charge in [-0.25, -0.2) is 8.42 Å². The van der Waals surface area contributed by atoms with Gasteiger partial charge >= 0.3 is 5.97 Å². The molecular formula is C7H14N2O4S. The fraction of sp³-hybridized carbons (Fsp3) is 0.857. The van der Waals surface area contributed by atoms with Gasteiger partial charge in [-0.3, -0.25) is 4.79 Å². The largest absolute Gasteiger partial charge is 0.468 e. The molecule has 0 atom stereocenters. The third-order valence-electron chi connectivity index (χ3n) is 2.24. The van der Waals surface area contributed by atoms with Gasteiger partial charge < -0.3 is 10.1 Å². The van der Waals surface area contributed by atoms with E-state index in [4.69, 9.17) is 0 Å². The van der Waals surface area contributed by atoms with Crippen molar-refractivity contribution in [2.24, 2.45) is 0 Å². The number of likely N-dealkylation sites (N-methyl/N-ethyl adjacent to an activating group) is 1. The third kappa shape index (κ3) is 2.43. The van der Waals surface area contributed by atoms with Crippen molar-refractivity contribution in [2.75, 3.05) is 33.0 Å². The molecule has 0 aromatic rings. The summed E-state index contributed by atoms with van der Waals surface area (Å²) in [6, 6.07) is -0.0374. The van der Waals surface area contributed by atoms with Gasteiger partial charge in [0.05, 0.1) is 7.11 Å². The zero-order chi connectivity index (χ0) is 10.8. The maximum atomic E-state index is 11.5. The van der Waals surface area contributed by atoms with Gasteiger partial charge in [0.1, 0.15) is 0 Å². The zero-order valence-electron chi connectivity index (χ0n) is 8.19. The molecule has 1 N–H and O–H groups in total. The standard InChI is InChI=1S/C7H14N2O4S/c1-9(6-3-8-4-6)14(11,12)5-7(10)13-2/h6,8H,3-5H2,1-2H3. The Morgan fingerprint density at radius 3 is 2.50 bits per heavy atom. The third-order valence-corrected chi connectivity index (χ3v) is 4.02. The van der Waals surface area contributed by atoms with Crippen LogP contribution >= 0.6 is 0 Å². The highest BCUT2D eigenvalue weighted by molar-refractivity contribution is 7.89. The number of sulfonamides is 1. The fourth-order valence-corrected chi connectivity index (χ4v) is 2.29. The molecule has 1 heterocycles. The smallest absolute Gasteiger partial charge is 0.322 e. The Labute approximate surface area is 83.3 Å². The first-order chi connectivity index (χ1) is 6.47. The number of carbonyl (C=O) groups is 1. The lowest BCUT2D eigenvalue weighted by atomic mass is 10.2. The van der Waals surface area contributed by atoms with E-state index >= 15 is 0 Å². The number of nitrogens with one attached hydrogen (secondary N) is 1. The van der Waals surface area contributed by atoms with Crippen LogP contribution in [0.2, 0.25) is 0 Å². The summed E-state index contributed by atoms with van der Waals surface area (Å²) in [6.45, 7) is 1.27. The van der Waals surface area contributed by atoms with Gasteiger partial charge in [-0.2, -0.15) is 4.31 Å². The minimum Gasteiger partial charge on any atom is -0.468 e. The minimum absolute atomic E-state index is 0.0374. The first-order valence-electron chi connectivity index (χ1n) is 4.20. The highest BCUT2D eigenvalue weighted by Gasteiger charge is 2.32. The second kappa shape index (κ2) is 4.24. The van der Waals surface area contributed by atoms with E-state index in [1.54, 1.807) is 0 Å². The molecule has 82 valence electrons.